The number of nitrogens with zero attached hydrogens (tertiary/aromatic N) is 1. The Morgan fingerprint density at radius 3 is 2.20 bits per heavy atom. The molecule has 1 fully saturated rings. The fourth-order valence-corrected chi connectivity index (χ4v) is 3.42. The molecule has 0 aromatic heterocycles. The van der Waals surface area contributed by atoms with Crippen molar-refractivity contribution in [2.75, 3.05) is 6.61 Å². The third-order valence-electron chi connectivity index (χ3n) is 5.35. The van der Waals surface area contributed by atoms with Crippen LogP contribution in [0, 0.1) is 0 Å². The minimum Gasteiger partial charge on any atom is -0.489 e. The highest BCUT2D eigenvalue weighted by atomic mass is 16.5. The molecular formula is C25H30N2O3. The topological polar surface area (TPSA) is 58.6 Å². The van der Waals surface area contributed by atoms with Gasteiger partial charge in [-0.1, -0.05) is 63.7 Å². The predicted molar refractivity (Wildman–Crippen MR) is 118 cm³/mol. The van der Waals surface area contributed by atoms with Crippen molar-refractivity contribution in [3.8, 4) is 5.75 Å². The molecule has 5 heteroatoms. The number of carbonyl (C=O) groups excluding carboxylic acids is 2. The van der Waals surface area contributed by atoms with Gasteiger partial charge in [0.15, 0.2) is 0 Å². The standard InChI is InChI=1S/C25H30N2O3/c1-17(2)16-30-21-13-11-20(12-14-21)25(6)22(28)27(23(29)26-25)15-18-7-9-19(10-8-18)24(3,4)5/h7-14H,1,15-16H2,2-6H3,(H,26,29). The number of benzene rings is 2. The summed E-state index contributed by atoms with van der Waals surface area (Å²) in [7, 11) is 0. The van der Waals surface area contributed by atoms with Crippen molar-refractivity contribution in [2.45, 2.75) is 52.1 Å². The van der Waals surface area contributed by atoms with E-state index in [2.05, 4.69) is 44.8 Å². The molecule has 0 aliphatic carbocycles. The first kappa shape index (κ1) is 21.6. The van der Waals surface area contributed by atoms with E-state index in [4.69, 9.17) is 4.74 Å². The van der Waals surface area contributed by atoms with Crippen LogP contribution >= 0.6 is 0 Å². The summed E-state index contributed by atoms with van der Waals surface area (Å²) in [4.78, 5) is 27.1. The van der Waals surface area contributed by atoms with Gasteiger partial charge in [0, 0.05) is 0 Å². The van der Waals surface area contributed by atoms with Crippen LogP contribution < -0.4 is 10.1 Å². The molecule has 5 nitrogen and oxygen atoms in total. The number of hydrogen-bond donors (Lipinski definition) is 1. The number of rotatable bonds is 6. The highest BCUT2D eigenvalue weighted by molar-refractivity contribution is 6.07. The van der Waals surface area contributed by atoms with E-state index in [0.29, 0.717) is 17.9 Å². The van der Waals surface area contributed by atoms with E-state index in [9.17, 15) is 9.59 Å². The first-order chi connectivity index (χ1) is 14.0. The molecular weight excluding hydrogens is 376 g/mol. The minimum absolute atomic E-state index is 0.0538. The Kier molecular flexibility index (Phi) is 5.75. The molecule has 1 aliphatic heterocycles. The van der Waals surface area contributed by atoms with Crippen molar-refractivity contribution in [1.29, 1.82) is 0 Å². The van der Waals surface area contributed by atoms with Gasteiger partial charge in [-0.3, -0.25) is 9.69 Å². The maximum absolute atomic E-state index is 13.2. The third-order valence-corrected chi connectivity index (χ3v) is 5.35. The molecule has 1 unspecified atom stereocenters. The van der Waals surface area contributed by atoms with Crippen LogP contribution in [0.15, 0.2) is 60.7 Å². The lowest BCUT2D eigenvalue weighted by atomic mass is 9.86. The average Bonchev–Trinajstić information content (AvgIpc) is 2.90. The fraction of sp³-hybridized carbons (Fsp3) is 0.360. The molecule has 1 heterocycles. The summed E-state index contributed by atoms with van der Waals surface area (Å²) in [6.07, 6.45) is 0. The van der Waals surface area contributed by atoms with Gasteiger partial charge in [0.25, 0.3) is 5.91 Å². The highest BCUT2D eigenvalue weighted by Gasteiger charge is 2.48. The molecule has 1 saturated heterocycles. The number of hydrogen-bond acceptors (Lipinski definition) is 3. The zero-order chi connectivity index (χ0) is 22.1. The molecule has 1 N–H and O–H groups in total. The van der Waals surface area contributed by atoms with E-state index in [0.717, 1.165) is 11.1 Å². The SMILES string of the molecule is C=C(C)COc1ccc(C2(C)NC(=O)N(Cc3ccc(C(C)(C)C)cc3)C2=O)cc1. The van der Waals surface area contributed by atoms with Crippen molar-refractivity contribution in [3.63, 3.8) is 0 Å². The summed E-state index contributed by atoms with van der Waals surface area (Å²) in [5.41, 5.74) is 2.72. The summed E-state index contributed by atoms with van der Waals surface area (Å²) in [6, 6.07) is 14.9. The largest absolute Gasteiger partial charge is 0.489 e. The zero-order valence-corrected chi connectivity index (χ0v) is 18.4. The zero-order valence-electron chi connectivity index (χ0n) is 18.4. The average molecular weight is 407 g/mol. The van der Waals surface area contributed by atoms with Gasteiger partial charge in [-0.25, -0.2) is 4.79 Å². The molecule has 0 spiro atoms. The van der Waals surface area contributed by atoms with Crippen LogP contribution in [0.3, 0.4) is 0 Å². The maximum atomic E-state index is 13.2. The van der Waals surface area contributed by atoms with Crippen molar-refractivity contribution < 1.29 is 14.3 Å². The second-order valence-electron chi connectivity index (χ2n) is 9.16. The van der Waals surface area contributed by atoms with Crippen LogP contribution in [0.1, 0.15) is 51.3 Å². The lowest BCUT2D eigenvalue weighted by Gasteiger charge is -2.23. The van der Waals surface area contributed by atoms with Gasteiger partial charge in [0.2, 0.25) is 0 Å². The second-order valence-corrected chi connectivity index (χ2v) is 9.16. The van der Waals surface area contributed by atoms with Gasteiger partial charge in [0.1, 0.15) is 17.9 Å². The van der Waals surface area contributed by atoms with Gasteiger partial charge < -0.3 is 10.1 Å². The number of ether oxygens (including phenoxy) is 1. The van der Waals surface area contributed by atoms with Crippen LogP contribution in [0.5, 0.6) is 5.75 Å². The summed E-state index contributed by atoms with van der Waals surface area (Å²) >= 11 is 0. The van der Waals surface area contributed by atoms with E-state index in [1.165, 1.54) is 10.5 Å². The Labute approximate surface area is 178 Å². The molecule has 0 radical (unpaired) electrons. The number of carbonyl (C=O) groups is 2. The normalized spacial score (nSPS) is 19.0. The molecule has 1 aliphatic rings. The number of nitrogens with one attached hydrogen (secondary N) is 1. The van der Waals surface area contributed by atoms with Crippen LogP contribution in [0.25, 0.3) is 0 Å². The van der Waals surface area contributed by atoms with E-state index < -0.39 is 5.54 Å². The molecule has 3 rings (SSSR count). The molecule has 2 aromatic carbocycles. The summed E-state index contributed by atoms with van der Waals surface area (Å²) < 4.78 is 5.62. The minimum atomic E-state index is -1.10. The van der Waals surface area contributed by atoms with E-state index in [1.54, 1.807) is 19.1 Å². The molecule has 158 valence electrons. The summed E-state index contributed by atoms with van der Waals surface area (Å²) in [5, 5.41) is 2.85. The summed E-state index contributed by atoms with van der Waals surface area (Å²) in [6.45, 7) is 14.6. The van der Waals surface area contributed by atoms with Crippen molar-refractivity contribution in [1.82, 2.24) is 10.2 Å². The van der Waals surface area contributed by atoms with E-state index >= 15 is 0 Å². The first-order valence-electron chi connectivity index (χ1n) is 10.1. The van der Waals surface area contributed by atoms with Gasteiger partial charge in [-0.15, -0.1) is 0 Å². The smallest absolute Gasteiger partial charge is 0.325 e. The molecule has 2 aromatic rings. The van der Waals surface area contributed by atoms with Crippen molar-refractivity contribution >= 4 is 11.9 Å². The van der Waals surface area contributed by atoms with Crippen LogP contribution in [0.4, 0.5) is 4.79 Å². The Balaban J connectivity index is 1.75. The van der Waals surface area contributed by atoms with Crippen LogP contribution in [0.2, 0.25) is 0 Å². The van der Waals surface area contributed by atoms with Crippen molar-refractivity contribution in [2.24, 2.45) is 0 Å². The number of imide groups is 1. The van der Waals surface area contributed by atoms with Crippen molar-refractivity contribution in [3.05, 3.63) is 77.4 Å². The third kappa shape index (κ3) is 4.40. The Bertz CT molecular complexity index is 955. The highest BCUT2D eigenvalue weighted by Crippen LogP contribution is 2.31. The van der Waals surface area contributed by atoms with E-state index in [1.807, 2.05) is 31.2 Å². The molecule has 0 bridgehead atoms. The van der Waals surface area contributed by atoms with Crippen LogP contribution in [-0.2, 0) is 22.3 Å². The fourth-order valence-electron chi connectivity index (χ4n) is 3.42. The van der Waals surface area contributed by atoms with Gasteiger partial charge in [-0.2, -0.15) is 0 Å². The maximum Gasteiger partial charge on any atom is 0.325 e. The molecule has 3 amide bonds. The van der Waals surface area contributed by atoms with Crippen LogP contribution in [-0.4, -0.2) is 23.4 Å². The first-order valence-corrected chi connectivity index (χ1v) is 10.1. The lowest BCUT2D eigenvalue weighted by molar-refractivity contribution is -0.131. The Morgan fingerprint density at radius 2 is 1.67 bits per heavy atom. The van der Waals surface area contributed by atoms with Gasteiger partial charge in [-0.05, 0) is 53.7 Å². The molecule has 30 heavy (non-hydrogen) atoms. The van der Waals surface area contributed by atoms with E-state index in [-0.39, 0.29) is 23.9 Å². The second kappa shape index (κ2) is 7.98. The Morgan fingerprint density at radius 1 is 1.07 bits per heavy atom. The quantitative estimate of drug-likeness (QED) is 0.548. The molecule has 0 saturated carbocycles. The lowest BCUT2D eigenvalue weighted by Crippen LogP contribution is -2.40. The predicted octanol–water partition coefficient (Wildman–Crippen LogP) is 4.91. The number of amides is 3. The number of urea groups is 1. The Hall–Kier alpha value is -3.08. The van der Waals surface area contributed by atoms with Gasteiger partial charge >= 0.3 is 6.03 Å². The van der Waals surface area contributed by atoms with Gasteiger partial charge in [0.05, 0.1) is 6.54 Å². The molecule has 1 atom stereocenters. The monoisotopic (exact) mass is 406 g/mol. The summed E-state index contributed by atoms with van der Waals surface area (Å²) in [5.74, 6) is 0.431.